The van der Waals surface area contributed by atoms with Crippen LogP contribution in [-0.2, 0) is 17.8 Å². The number of fused-ring (bicyclic) bond motifs is 1. The van der Waals surface area contributed by atoms with E-state index in [0.29, 0.717) is 37.8 Å². The minimum Gasteiger partial charge on any atom is -0.496 e. The number of methoxy groups -OCH3 is 1. The number of aryl methyl sites for hydroxylation is 1. The first-order valence-corrected chi connectivity index (χ1v) is 16.0. The molecule has 2 heterocycles. The predicted octanol–water partition coefficient (Wildman–Crippen LogP) is 5.77. The molecule has 43 heavy (non-hydrogen) atoms. The Bertz CT molecular complexity index is 1270. The normalized spacial score (nSPS) is 19.0. The molecule has 7 heteroatoms. The van der Waals surface area contributed by atoms with Crippen LogP contribution < -0.4 is 25.4 Å². The van der Waals surface area contributed by atoms with Crippen LogP contribution in [0, 0.1) is 0 Å². The van der Waals surface area contributed by atoms with Crippen LogP contribution in [0.5, 0.6) is 11.5 Å². The van der Waals surface area contributed by atoms with Crippen LogP contribution in [0.3, 0.4) is 0 Å². The summed E-state index contributed by atoms with van der Waals surface area (Å²) in [5, 5.41) is 11.4. The van der Waals surface area contributed by atoms with Crippen molar-refractivity contribution in [3.05, 3.63) is 89.0 Å². The van der Waals surface area contributed by atoms with Gasteiger partial charge in [0.2, 0.25) is 0 Å². The molecule has 3 aromatic carbocycles. The number of hydrogen-bond donors (Lipinski definition) is 3. The third-order valence-corrected chi connectivity index (χ3v) is 8.70. The zero-order chi connectivity index (χ0) is 29.9. The molecule has 2 aliphatic heterocycles. The molecular formula is C36H50N4O3. The summed E-state index contributed by atoms with van der Waals surface area (Å²) >= 11 is 0. The molecule has 232 valence electrons. The molecule has 5 rings (SSSR count). The molecule has 3 N–H and O–H groups in total. The number of anilines is 1. The molecule has 3 unspecified atom stereocenters. The Labute approximate surface area is 258 Å². The van der Waals surface area contributed by atoms with Crippen molar-refractivity contribution in [2.45, 2.75) is 56.7 Å². The fourth-order valence-corrected chi connectivity index (χ4v) is 6.29. The molecule has 0 radical (unpaired) electrons. The summed E-state index contributed by atoms with van der Waals surface area (Å²) in [6, 6.07) is 24.5. The third-order valence-electron chi connectivity index (χ3n) is 8.70. The molecule has 1 saturated heterocycles. The molecule has 7 nitrogen and oxygen atoms in total. The highest BCUT2D eigenvalue weighted by molar-refractivity contribution is 5.55. The van der Waals surface area contributed by atoms with E-state index >= 15 is 0 Å². The van der Waals surface area contributed by atoms with Crippen molar-refractivity contribution in [3.63, 3.8) is 0 Å². The van der Waals surface area contributed by atoms with Crippen LogP contribution in [0.25, 0.3) is 0 Å². The molecule has 0 saturated carbocycles. The fraction of sp³-hybridized carbons (Fsp3) is 0.500. The van der Waals surface area contributed by atoms with Gasteiger partial charge in [-0.3, -0.25) is 0 Å². The first-order valence-electron chi connectivity index (χ1n) is 16.0. The van der Waals surface area contributed by atoms with Crippen LogP contribution in [0.4, 0.5) is 5.69 Å². The molecular weight excluding hydrogens is 536 g/mol. The van der Waals surface area contributed by atoms with Gasteiger partial charge in [-0.1, -0.05) is 42.5 Å². The molecule has 3 aromatic rings. The Kier molecular flexibility index (Phi) is 11.7. The quantitative estimate of drug-likeness (QED) is 0.196. The highest BCUT2D eigenvalue weighted by Gasteiger charge is 2.29. The first-order chi connectivity index (χ1) is 21.1. The molecule has 3 atom stereocenters. The van der Waals surface area contributed by atoms with Gasteiger partial charge in [0, 0.05) is 48.8 Å². The SMILES string of the molecule is COc1ccccc1COCCCOc1ccc(C2CCNCC2NC(CCN(C)C)c2ccc3c(c2)NCCC3)cc1. The first kappa shape index (κ1) is 31.3. The average molecular weight is 587 g/mol. The van der Waals surface area contributed by atoms with Crippen molar-refractivity contribution in [3.8, 4) is 11.5 Å². The lowest BCUT2D eigenvalue weighted by molar-refractivity contribution is 0.105. The number of ether oxygens (including phenoxy) is 3. The number of benzene rings is 3. The van der Waals surface area contributed by atoms with Gasteiger partial charge in [-0.05, 0) is 93.8 Å². The summed E-state index contributed by atoms with van der Waals surface area (Å²) < 4.78 is 17.3. The zero-order valence-electron chi connectivity index (χ0n) is 26.2. The van der Waals surface area contributed by atoms with Crippen molar-refractivity contribution < 1.29 is 14.2 Å². The topological polar surface area (TPSA) is 67.0 Å². The van der Waals surface area contributed by atoms with Crippen LogP contribution in [0.1, 0.15) is 59.9 Å². The smallest absolute Gasteiger partial charge is 0.124 e. The summed E-state index contributed by atoms with van der Waals surface area (Å²) in [7, 11) is 6.02. The maximum absolute atomic E-state index is 6.05. The predicted molar refractivity (Wildman–Crippen MR) is 176 cm³/mol. The fourth-order valence-electron chi connectivity index (χ4n) is 6.29. The Morgan fingerprint density at radius 3 is 2.70 bits per heavy atom. The van der Waals surface area contributed by atoms with Gasteiger partial charge in [0.15, 0.2) is 0 Å². The molecule has 1 fully saturated rings. The van der Waals surface area contributed by atoms with Crippen LogP contribution in [0.2, 0.25) is 0 Å². The van der Waals surface area contributed by atoms with E-state index in [4.69, 9.17) is 14.2 Å². The number of hydrogen-bond acceptors (Lipinski definition) is 7. The van der Waals surface area contributed by atoms with Crippen molar-refractivity contribution >= 4 is 5.69 Å². The van der Waals surface area contributed by atoms with Crippen LogP contribution in [-0.4, -0.2) is 71.5 Å². The third kappa shape index (κ3) is 8.96. The van der Waals surface area contributed by atoms with Crippen molar-refractivity contribution in [2.24, 2.45) is 0 Å². The summed E-state index contributed by atoms with van der Waals surface area (Å²) in [6.07, 6.45) is 5.42. The Hall–Kier alpha value is -3.10. The van der Waals surface area contributed by atoms with Gasteiger partial charge >= 0.3 is 0 Å². The van der Waals surface area contributed by atoms with Gasteiger partial charge < -0.3 is 35.1 Å². The number of nitrogens with one attached hydrogen (secondary N) is 3. The zero-order valence-corrected chi connectivity index (χ0v) is 26.2. The van der Waals surface area contributed by atoms with E-state index in [-0.39, 0.29) is 0 Å². The number of rotatable bonds is 15. The van der Waals surface area contributed by atoms with E-state index in [9.17, 15) is 0 Å². The lowest BCUT2D eigenvalue weighted by Gasteiger charge is -2.37. The number of nitrogens with zero attached hydrogens (tertiary/aromatic N) is 1. The van der Waals surface area contributed by atoms with Crippen molar-refractivity contribution in [2.75, 3.05) is 65.9 Å². The van der Waals surface area contributed by atoms with Gasteiger partial charge in [0.1, 0.15) is 11.5 Å². The molecule has 0 bridgehead atoms. The lowest BCUT2D eigenvalue weighted by Crippen LogP contribution is -2.49. The minimum absolute atomic E-state index is 0.302. The Balaban J connectivity index is 1.15. The highest BCUT2D eigenvalue weighted by atomic mass is 16.5. The maximum Gasteiger partial charge on any atom is 0.124 e. The van der Waals surface area contributed by atoms with Gasteiger partial charge in [-0.2, -0.15) is 0 Å². The standard InChI is InChI=1S/C36H50N4O3/c1-40(2)21-18-33(29-12-11-28-9-6-19-38-34(28)24-29)39-35-25-37-20-17-32(35)27-13-15-31(16-14-27)43-23-7-22-42-26-30-8-4-5-10-36(30)41-3/h4-5,8,10-16,24,32-33,35,37-39H,6-7,9,17-23,25-26H2,1-3H3. The van der Waals surface area contributed by atoms with Crippen molar-refractivity contribution in [1.29, 1.82) is 0 Å². The Morgan fingerprint density at radius 2 is 1.86 bits per heavy atom. The summed E-state index contributed by atoms with van der Waals surface area (Å²) in [5.74, 6) is 2.23. The summed E-state index contributed by atoms with van der Waals surface area (Å²) in [6.45, 7) is 5.95. The van der Waals surface area contributed by atoms with E-state index in [1.807, 2.05) is 24.3 Å². The van der Waals surface area contributed by atoms with Crippen LogP contribution in [0.15, 0.2) is 66.7 Å². The molecule has 0 aliphatic carbocycles. The van der Waals surface area contributed by atoms with Crippen LogP contribution >= 0.6 is 0 Å². The Morgan fingerprint density at radius 1 is 1.00 bits per heavy atom. The number of piperidine rings is 1. The molecule has 0 aromatic heterocycles. The molecule has 2 aliphatic rings. The minimum atomic E-state index is 0.302. The summed E-state index contributed by atoms with van der Waals surface area (Å²) in [4.78, 5) is 2.28. The lowest BCUT2D eigenvalue weighted by atomic mass is 9.85. The van der Waals surface area contributed by atoms with Gasteiger partial charge in [0.25, 0.3) is 0 Å². The largest absolute Gasteiger partial charge is 0.496 e. The highest BCUT2D eigenvalue weighted by Crippen LogP contribution is 2.32. The average Bonchev–Trinajstić information content (AvgIpc) is 3.05. The second kappa shape index (κ2) is 16.1. The summed E-state index contributed by atoms with van der Waals surface area (Å²) in [5.41, 5.74) is 6.59. The second-order valence-electron chi connectivity index (χ2n) is 12.1. The maximum atomic E-state index is 6.05. The number of para-hydroxylation sites is 1. The van der Waals surface area contributed by atoms with Gasteiger partial charge in [-0.15, -0.1) is 0 Å². The van der Waals surface area contributed by atoms with Gasteiger partial charge in [0.05, 0.1) is 26.9 Å². The molecule has 0 spiro atoms. The second-order valence-corrected chi connectivity index (χ2v) is 12.1. The van der Waals surface area contributed by atoms with E-state index in [0.717, 1.165) is 62.5 Å². The van der Waals surface area contributed by atoms with E-state index in [2.05, 4.69) is 77.4 Å². The van der Waals surface area contributed by atoms with Gasteiger partial charge in [-0.25, -0.2) is 0 Å². The van der Waals surface area contributed by atoms with E-state index < -0.39 is 0 Å². The molecule has 0 amide bonds. The van der Waals surface area contributed by atoms with Crippen molar-refractivity contribution in [1.82, 2.24) is 15.5 Å². The monoisotopic (exact) mass is 586 g/mol. The van der Waals surface area contributed by atoms with E-state index in [1.165, 1.54) is 35.2 Å². The van der Waals surface area contributed by atoms with E-state index in [1.54, 1.807) is 7.11 Å².